The molecule has 1 atom stereocenters. The minimum atomic E-state index is -0.624. The standard InChI is InChI=1S/C26H34Cl2N2O4/c1-6-23(25(32)29-26(2,3)4)30(17-18-9-10-19(27)16-22(18)28)24(31)8-7-15-34-21-13-11-20(33-5)12-14-21/h9-14,16,23H,6-8,15,17H2,1-5H3,(H,29,32)/t23-/m0/s1. The predicted octanol–water partition coefficient (Wildman–Crippen LogP) is 5.88. The molecule has 2 amide bonds. The SMILES string of the molecule is CC[C@@H](C(=O)NC(C)(C)C)N(Cc1ccc(Cl)cc1Cl)C(=O)CCCOc1ccc(OC)cc1. The van der Waals surface area contributed by atoms with Crippen LogP contribution in [0.2, 0.25) is 10.0 Å². The van der Waals surface area contributed by atoms with Crippen LogP contribution in [0.1, 0.15) is 52.5 Å². The van der Waals surface area contributed by atoms with Crippen LogP contribution < -0.4 is 14.8 Å². The number of halogens is 2. The van der Waals surface area contributed by atoms with Crippen LogP contribution in [0, 0.1) is 0 Å². The molecule has 8 heteroatoms. The topological polar surface area (TPSA) is 67.9 Å². The first kappa shape index (κ1) is 27.8. The fourth-order valence-corrected chi connectivity index (χ4v) is 3.90. The van der Waals surface area contributed by atoms with E-state index in [1.165, 1.54) is 0 Å². The van der Waals surface area contributed by atoms with E-state index in [2.05, 4.69) is 5.32 Å². The molecular formula is C26H34Cl2N2O4. The highest BCUT2D eigenvalue weighted by Crippen LogP contribution is 2.24. The maximum atomic E-state index is 13.3. The molecule has 0 bridgehead atoms. The normalized spacial score (nSPS) is 12.1. The summed E-state index contributed by atoms with van der Waals surface area (Å²) >= 11 is 12.4. The van der Waals surface area contributed by atoms with E-state index in [-0.39, 0.29) is 24.8 Å². The molecule has 2 aromatic rings. The van der Waals surface area contributed by atoms with Crippen LogP contribution in [-0.2, 0) is 16.1 Å². The van der Waals surface area contributed by atoms with Gasteiger partial charge in [-0.25, -0.2) is 0 Å². The first-order valence-corrected chi connectivity index (χ1v) is 12.1. The van der Waals surface area contributed by atoms with Crippen LogP contribution >= 0.6 is 23.2 Å². The van der Waals surface area contributed by atoms with Crippen molar-refractivity contribution in [1.29, 1.82) is 0 Å². The lowest BCUT2D eigenvalue weighted by atomic mass is 10.0. The van der Waals surface area contributed by atoms with E-state index in [4.69, 9.17) is 32.7 Å². The van der Waals surface area contributed by atoms with Crippen molar-refractivity contribution in [3.63, 3.8) is 0 Å². The van der Waals surface area contributed by atoms with Crippen molar-refractivity contribution in [2.24, 2.45) is 0 Å². The third-order valence-electron chi connectivity index (χ3n) is 5.10. The summed E-state index contributed by atoms with van der Waals surface area (Å²) in [5.74, 6) is 1.12. The fourth-order valence-electron chi connectivity index (χ4n) is 3.43. The zero-order valence-electron chi connectivity index (χ0n) is 20.5. The Bertz CT molecular complexity index is 958. The molecule has 0 aliphatic heterocycles. The van der Waals surface area contributed by atoms with Crippen LogP contribution in [0.4, 0.5) is 0 Å². The Kier molecular flexibility index (Phi) is 10.5. The Balaban J connectivity index is 2.11. The molecule has 0 fully saturated rings. The van der Waals surface area contributed by atoms with E-state index in [0.717, 1.165) is 11.3 Å². The van der Waals surface area contributed by atoms with Gasteiger partial charge in [0.2, 0.25) is 11.8 Å². The van der Waals surface area contributed by atoms with Gasteiger partial charge in [0.1, 0.15) is 17.5 Å². The molecule has 0 heterocycles. The molecule has 6 nitrogen and oxygen atoms in total. The number of hydrogen-bond donors (Lipinski definition) is 1. The number of carbonyl (C=O) groups is 2. The number of rotatable bonds is 11. The number of ether oxygens (including phenoxy) is 2. The zero-order chi connectivity index (χ0) is 25.3. The molecule has 34 heavy (non-hydrogen) atoms. The summed E-state index contributed by atoms with van der Waals surface area (Å²) in [6.45, 7) is 8.22. The first-order chi connectivity index (χ1) is 16.0. The van der Waals surface area contributed by atoms with Gasteiger partial charge in [-0.2, -0.15) is 0 Å². The van der Waals surface area contributed by atoms with Crippen LogP contribution in [0.25, 0.3) is 0 Å². The number of nitrogens with zero attached hydrogens (tertiary/aromatic N) is 1. The van der Waals surface area contributed by atoms with E-state index in [9.17, 15) is 9.59 Å². The fraction of sp³-hybridized carbons (Fsp3) is 0.462. The third-order valence-corrected chi connectivity index (χ3v) is 5.69. The summed E-state index contributed by atoms with van der Waals surface area (Å²) in [4.78, 5) is 27.9. The van der Waals surface area contributed by atoms with Crippen molar-refractivity contribution in [1.82, 2.24) is 10.2 Å². The number of methoxy groups -OCH3 is 1. The van der Waals surface area contributed by atoms with Gasteiger partial charge in [0.05, 0.1) is 13.7 Å². The van der Waals surface area contributed by atoms with E-state index < -0.39 is 11.6 Å². The summed E-state index contributed by atoms with van der Waals surface area (Å²) in [7, 11) is 1.61. The Labute approximate surface area is 212 Å². The molecule has 2 rings (SSSR count). The molecule has 0 aliphatic rings. The smallest absolute Gasteiger partial charge is 0.243 e. The van der Waals surface area contributed by atoms with E-state index in [1.807, 2.05) is 52.0 Å². The molecule has 0 aliphatic carbocycles. The molecule has 0 spiro atoms. The van der Waals surface area contributed by atoms with Crippen LogP contribution in [-0.4, -0.2) is 42.0 Å². The molecule has 0 saturated carbocycles. The van der Waals surface area contributed by atoms with Crippen molar-refractivity contribution in [3.8, 4) is 11.5 Å². The van der Waals surface area contributed by atoms with Crippen LogP contribution in [0.15, 0.2) is 42.5 Å². The minimum absolute atomic E-state index is 0.139. The average molecular weight is 509 g/mol. The molecule has 0 aromatic heterocycles. The van der Waals surface area contributed by atoms with E-state index in [0.29, 0.717) is 35.2 Å². The minimum Gasteiger partial charge on any atom is -0.497 e. The van der Waals surface area contributed by atoms with Crippen molar-refractivity contribution in [2.45, 2.75) is 65.1 Å². The summed E-state index contributed by atoms with van der Waals surface area (Å²) < 4.78 is 10.9. The Morgan fingerprint density at radius 3 is 2.26 bits per heavy atom. The molecule has 0 unspecified atom stereocenters. The van der Waals surface area contributed by atoms with Crippen molar-refractivity contribution >= 4 is 35.0 Å². The number of nitrogens with one attached hydrogen (secondary N) is 1. The number of carbonyl (C=O) groups excluding carboxylic acids is 2. The van der Waals surface area contributed by atoms with E-state index in [1.54, 1.807) is 30.2 Å². The summed E-state index contributed by atoms with van der Waals surface area (Å²) in [5.41, 5.74) is 0.319. The summed E-state index contributed by atoms with van der Waals surface area (Å²) in [5, 5.41) is 3.96. The van der Waals surface area contributed by atoms with Gasteiger partial charge >= 0.3 is 0 Å². The highest BCUT2D eigenvalue weighted by molar-refractivity contribution is 6.35. The lowest BCUT2D eigenvalue weighted by molar-refractivity contribution is -0.142. The Morgan fingerprint density at radius 1 is 1.06 bits per heavy atom. The summed E-state index contributed by atoms with van der Waals surface area (Å²) in [6.07, 6.45) is 1.22. The number of amides is 2. The van der Waals surface area contributed by atoms with Gasteiger partial charge in [-0.15, -0.1) is 0 Å². The summed E-state index contributed by atoms with van der Waals surface area (Å²) in [6, 6.07) is 11.8. The number of hydrogen-bond acceptors (Lipinski definition) is 4. The molecule has 186 valence electrons. The quantitative estimate of drug-likeness (QED) is 0.384. The Morgan fingerprint density at radius 2 is 1.71 bits per heavy atom. The van der Waals surface area contributed by atoms with Gasteiger partial charge in [0, 0.05) is 28.5 Å². The molecule has 2 aromatic carbocycles. The Hall–Kier alpha value is -2.44. The largest absolute Gasteiger partial charge is 0.497 e. The molecule has 0 saturated heterocycles. The lowest BCUT2D eigenvalue weighted by Gasteiger charge is -2.33. The van der Waals surface area contributed by atoms with Gasteiger partial charge in [0.25, 0.3) is 0 Å². The predicted molar refractivity (Wildman–Crippen MR) is 137 cm³/mol. The first-order valence-electron chi connectivity index (χ1n) is 11.4. The molecule has 0 radical (unpaired) electrons. The zero-order valence-corrected chi connectivity index (χ0v) is 22.0. The highest BCUT2D eigenvalue weighted by Gasteiger charge is 2.30. The van der Waals surface area contributed by atoms with E-state index >= 15 is 0 Å². The third kappa shape index (κ3) is 8.73. The second-order valence-electron chi connectivity index (χ2n) is 9.05. The van der Waals surface area contributed by atoms with Gasteiger partial charge in [-0.3, -0.25) is 9.59 Å². The van der Waals surface area contributed by atoms with Crippen LogP contribution in [0.3, 0.4) is 0 Å². The average Bonchev–Trinajstić information content (AvgIpc) is 2.77. The second-order valence-corrected chi connectivity index (χ2v) is 9.89. The monoisotopic (exact) mass is 508 g/mol. The van der Waals surface area contributed by atoms with Crippen molar-refractivity contribution in [2.75, 3.05) is 13.7 Å². The number of benzene rings is 2. The van der Waals surface area contributed by atoms with Crippen molar-refractivity contribution in [3.05, 3.63) is 58.1 Å². The van der Waals surface area contributed by atoms with Crippen LogP contribution in [0.5, 0.6) is 11.5 Å². The maximum absolute atomic E-state index is 13.3. The molecular weight excluding hydrogens is 475 g/mol. The van der Waals surface area contributed by atoms with Gasteiger partial charge in [-0.05, 0) is 75.6 Å². The maximum Gasteiger partial charge on any atom is 0.243 e. The van der Waals surface area contributed by atoms with Gasteiger partial charge in [-0.1, -0.05) is 36.2 Å². The van der Waals surface area contributed by atoms with Crippen molar-refractivity contribution < 1.29 is 19.1 Å². The van der Waals surface area contributed by atoms with Gasteiger partial charge in [0.15, 0.2) is 0 Å². The second kappa shape index (κ2) is 12.9. The highest BCUT2D eigenvalue weighted by atomic mass is 35.5. The van der Waals surface area contributed by atoms with Gasteiger partial charge < -0.3 is 19.7 Å². The lowest BCUT2D eigenvalue weighted by Crippen LogP contribution is -2.53. The molecule has 1 N–H and O–H groups in total.